The highest BCUT2D eigenvalue weighted by Gasteiger charge is 2.31. The molecule has 0 saturated carbocycles. The third-order valence-electron chi connectivity index (χ3n) is 6.74. The minimum atomic E-state index is -4.61. The van der Waals surface area contributed by atoms with E-state index in [1.54, 1.807) is 49.4 Å². The number of aromatic nitrogens is 2. The van der Waals surface area contributed by atoms with Gasteiger partial charge in [-0.25, -0.2) is 4.98 Å². The molecule has 13 heteroatoms. The number of nitrogens with one attached hydrogen (secondary N) is 1. The first kappa shape index (κ1) is 32.7. The van der Waals surface area contributed by atoms with Crippen molar-refractivity contribution in [1.29, 1.82) is 0 Å². The highest BCUT2D eigenvalue weighted by atomic mass is 79.9. The van der Waals surface area contributed by atoms with Crippen molar-refractivity contribution in [3.8, 4) is 22.9 Å². The highest BCUT2D eigenvalue weighted by molar-refractivity contribution is 9.10. The van der Waals surface area contributed by atoms with Crippen LogP contribution in [0.5, 0.6) is 11.5 Å². The van der Waals surface area contributed by atoms with Crippen molar-refractivity contribution in [2.24, 2.45) is 5.10 Å². The lowest BCUT2D eigenvalue weighted by Crippen LogP contribution is -2.21. The Morgan fingerprint density at radius 2 is 1.80 bits per heavy atom. The van der Waals surface area contributed by atoms with E-state index >= 15 is 0 Å². The number of benzene rings is 4. The molecule has 1 amide bonds. The van der Waals surface area contributed by atoms with Gasteiger partial charge in [-0.15, -0.1) is 0 Å². The summed E-state index contributed by atoms with van der Waals surface area (Å²) < 4.78 is 53.4. The molecule has 0 aliphatic heterocycles. The number of halogens is 5. The van der Waals surface area contributed by atoms with Gasteiger partial charge in [-0.2, -0.15) is 22.9 Å². The first-order valence-electron chi connectivity index (χ1n) is 13.8. The van der Waals surface area contributed by atoms with E-state index in [-0.39, 0.29) is 46.5 Å². The standard InChI is InChI=1S/C33H25BrClF3N4O4/c1-3-45-26-16-21(28(34)29(35)30(26)46-18-27(43)40-24-13-6-4-9-19(24)2)17-39-42-31(20-10-8-11-22(15-20)33(36,37)38)41-25-14-7-5-12-23(25)32(42)44/h4-17H,3,18H2,1-2H3,(H,40,43). The zero-order valence-electron chi connectivity index (χ0n) is 24.4. The van der Waals surface area contributed by atoms with E-state index in [0.717, 1.165) is 22.4 Å². The van der Waals surface area contributed by atoms with Crippen LogP contribution in [0.4, 0.5) is 18.9 Å². The molecule has 0 aliphatic rings. The molecule has 1 aromatic heterocycles. The number of amides is 1. The number of alkyl halides is 3. The Balaban J connectivity index is 1.53. The van der Waals surface area contributed by atoms with Gasteiger partial charge in [-0.05, 0) is 71.7 Å². The number of hydrogen-bond acceptors (Lipinski definition) is 6. The average Bonchev–Trinajstić information content (AvgIpc) is 3.03. The van der Waals surface area contributed by atoms with Gasteiger partial charge in [0.15, 0.2) is 23.9 Å². The monoisotopic (exact) mass is 712 g/mol. The molecule has 0 saturated heterocycles. The van der Waals surface area contributed by atoms with Crippen molar-refractivity contribution in [2.75, 3.05) is 18.5 Å². The van der Waals surface area contributed by atoms with Gasteiger partial charge in [0.05, 0.1) is 29.3 Å². The van der Waals surface area contributed by atoms with Crippen LogP contribution in [0.25, 0.3) is 22.3 Å². The van der Waals surface area contributed by atoms with Crippen molar-refractivity contribution >= 4 is 56.2 Å². The molecule has 0 unspecified atom stereocenters. The minimum absolute atomic E-state index is 0.0367. The van der Waals surface area contributed by atoms with Gasteiger partial charge in [-0.3, -0.25) is 9.59 Å². The molecule has 0 aliphatic carbocycles. The Kier molecular flexibility index (Phi) is 9.78. The van der Waals surface area contributed by atoms with Gasteiger partial charge in [0.1, 0.15) is 5.02 Å². The largest absolute Gasteiger partial charge is 0.490 e. The summed E-state index contributed by atoms with van der Waals surface area (Å²) in [6.07, 6.45) is -3.31. The summed E-state index contributed by atoms with van der Waals surface area (Å²) >= 11 is 10.1. The molecule has 0 fully saturated rings. The van der Waals surface area contributed by atoms with Crippen LogP contribution in [0, 0.1) is 6.92 Å². The maximum absolute atomic E-state index is 13.6. The normalized spacial score (nSPS) is 11.6. The molecule has 0 radical (unpaired) electrons. The number of aryl methyl sites for hydroxylation is 1. The summed E-state index contributed by atoms with van der Waals surface area (Å²) in [6.45, 7) is 3.48. The van der Waals surface area contributed by atoms with E-state index in [0.29, 0.717) is 21.2 Å². The molecule has 5 rings (SSSR count). The third kappa shape index (κ3) is 7.08. The zero-order chi connectivity index (χ0) is 33.0. The molecule has 0 atom stereocenters. The lowest BCUT2D eigenvalue weighted by molar-refractivity contribution is -0.137. The van der Waals surface area contributed by atoms with Crippen LogP contribution < -0.4 is 20.3 Å². The smallest absolute Gasteiger partial charge is 0.416 e. The van der Waals surface area contributed by atoms with Crippen LogP contribution in [0.3, 0.4) is 0 Å². The Labute approximate surface area is 274 Å². The molecule has 46 heavy (non-hydrogen) atoms. The van der Waals surface area contributed by atoms with Gasteiger partial charge < -0.3 is 14.8 Å². The van der Waals surface area contributed by atoms with Crippen molar-refractivity contribution in [3.05, 3.63) is 115 Å². The van der Waals surface area contributed by atoms with Crippen LogP contribution >= 0.6 is 27.5 Å². The van der Waals surface area contributed by atoms with Crippen LogP contribution in [0.2, 0.25) is 5.02 Å². The van der Waals surface area contributed by atoms with E-state index in [4.69, 9.17) is 21.1 Å². The summed E-state index contributed by atoms with van der Waals surface area (Å²) in [5, 5.41) is 7.41. The minimum Gasteiger partial charge on any atom is -0.490 e. The summed E-state index contributed by atoms with van der Waals surface area (Å²) in [7, 11) is 0. The Hall–Kier alpha value is -4.68. The summed E-state index contributed by atoms with van der Waals surface area (Å²) in [6, 6.07) is 19.8. The molecule has 1 heterocycles. The fourth-order valence-corrected chi connectivity index (χ4v) is 5.16. The number of hydrogen-bond donors (Lipinski definition) is 1. The lowest BCUT2D eigenvalue weighted by atomic mass is 10.1. The number of ether oxygens (including phenoxy) is 2. The molecular formula is C33H25BrClF3N4O4. The second kappa shape index (κ2) is 13.8. The first-order chi connectivity index (χ1) is 22.0. The summed E-state index contributed by atoms with van der Waals surface area (Å²) in [5.74, 6) is -0.220. The van der Waals surface area contributed by atoms with Gasteiger partial charge >= 0.3 is 6.18 Å². The second-order valence-corrected chi connectivity index (χ2v) is 11.1. The molecule has 8 nitrogen and oxygen atoms in total. The quantitative estimate of drug-likeness (QED) is 0.156. The maximum Gasteiger partial charge on any atom is 0.416 e. The number of anilines is 1. The SMILES string of the molecule is CCOc1cc(C=Nn2c(-c3cccc(C(F)(F)F)c3)nc3ccccc3c2=O)c(Br)c(Cl)c1OCC(=O)Nc1ccccc1C. The third-order valence-corrected chi connectivity index (χ3v) is 8.18. The van der Waals surface area contributed by atoms with E-state index < -0.39 is 23.2 Å². The number of carbonyl (C=O) groups is 1. The van der Waals surface area contributed by atoms with Crippen molar-refractivity contribution in [3.63, 3.8) is 0 Å². The fraction of sp³-hybridized carbons (Fsp3) is 0.152. The number of fused-ring (bicyclic) bond motifs is 1. The maximum atomic E-state index is 13.6. The van der Waals surface area contributed by atoms with E-state index in [1.807, 2.05) is 19.1 Å². The Bertz CT molecular complexity index is 2030. The van der Waals surface area contributed by atoms with Crippen molar-refractivity contribution < 1.29 is 27.4 Å². The average molecular weight is 714 g/mol. The van der Waals surface area contributed by atoms with Crippen LogP contribution in [0.15, 0.2) is 93.2 Å². The molecule has 5 aromatic rings. The number of carbonyl (C=O) groups excluding carboxylic acids is 1. The molecule has 4 aromatic carbocycles. The van der Waals surface area contributed by atoms with Gasteiger partial charge in [0.25, 0.3) is 11.5 Å². The van der Waals surface area contributed by atoms with Gasteiger partial charge in [0.2, 0.25) is 0 Å². The Morgan fingerprint density at radius 3 is 2.54 bits per heavy atom. The molecule has 236 valence electrons. The van der Waals surface area contributed by atoms with Gasteiger partial charge in [0, 0.05) is 21.3 Å². The van der Waals surface area contributed by atoms with Crippen LogP contribution in [0.1, 0.15) is 23.6 Å². The van der Waals surface area contributed by atoms with E-state index in [1.165, 1.54) is 18.3 Å². The first-order valence-corrected chi connectivity index (χ1v) is 15.0. The fourth-order valence-electron chi connectivity index (χ4n) is 4.51. The van der Waals surface area contributed by atoms with Crippen molar-refractivity contribution in [1.82, 2.24) is 9.66 Å². The molecule has 0 bridgehead atoms. The summed E-state index contributed by atoms with van der Waals surface area (Å²) in [5.41, 5.74) is 0.704. The van der Waals surface area contributed by atoms with Crippen molar-refractivity contribution in [2.45, 2.75) is 20.0 Å². The molecule has 1 N–H and O–H groups in total. The predicted molar refractivity (Wildman–Crippen MR) is 175 cm³/mol. The van der Waals surface area contributed by atoms with E-state index in [9.17, 15) is 22.8 Å². The number of nitrogens with zero attached hydrogens (tertiary/aromatic N) is 3. The Morgan fingerprint density at radius 1 is 1.07 bits per heavy atom. The summed E-state index contributed by atoms with van der Waals surface area (Å²) in [4.78, 5) is 30.7. The molecule has 0 spiro atoms. The van der Waals surface area contributed by atoms with Crippen LogP contribution in [-0.4, -0.2) is 35.0 Å². The van der Waals surface area contributed by atoms with Crippen LogP contribution in [-0.2, 0) is 11.0 Å². The molecular weight excluding hydrogens is 689 g/mol. The number of rotatable bonds is 9. The number of para-hydroxylation sites is 2. The zero-order valence-corrected chi connectivity index (χ0v) is 26.7. The second-order valence-electron chi connectivity index (χ2n) is 9.90. The predicted octanol–water partition coefficient (Wildman–Crippen LogP) is 8.11. The lowest BCUT2D eigenvalue weighted by Gasteiger charge is -2.16. The van der Waals surface area contributed by atoms with Gasteiger partial charge in [-0.1, -0.05) is 54.1 Å². The van der Waals surface area contributed by atoms with E-state index in [2.05, 4.69) is 31.3 Å². The topological polar surface area (TPSA) is 94.8 Å². The highest BCUT2D eigenvalue weighted by Crippen LogP contribution is 2.42.